The number of pyridine rings is 1. The van der Waals surface area contributed by atoms with Crippen LogP contribution in [-0.2, 0) is 16.0 Å². The van der Waals surface area contributed by atoms with Crippen LogP contribution in [0.4, 0.5) is 5.69 Å². The smallest absolute Gasteiger partial charge is 0.233 e. The van der Waals surface area contributed by atoms with Gasteiger partial charge in [0.2, 0.25) is 12.7 Å². The fourth-order valence-electron chi connectivity index (χ4n) is 3.35. The summed E-state index contributed by atoms with van der Waals surface area (Å²) in [7, 11) is 0. The fourth-order valence-corrected chi connectivity index (χ4v) is 4.04. The lowest BCUT2D eigenvalue weighted by Crippen LogP contribution is -2.23. The molecule has 4 nitrogen and oxygen atoms in total. The summed E-state index contributed by atoms with van der Waals surface area (Å²) in [6, 6.07) is 24.9. The van der Waals surface area contributed by atoms with Crippen LogP contribution in [-0.4, -0.2) is 11.8 Å². The fraction of sp³-hybridized carbons (Fsp3) is 0.0870. The number of nitrogens with zero attached hydrogens (tertiary/aromatic N) is 2. The summed E-state index contributed by atoms with van der Waals surface area (Å²) in [5.41, 5.74) is 4.16. The van der Waals surface area contributed by atoms with Gasteiger partial charge in [-0.2, -0.15) is 0 Å². The third-order valence-corrected chi connectivity index (χ3v) is 5.56. The molecule has 0 amide bonds. The Morgan fingerprint density at radius 1 is 0.964 bits per heavy atom. The predicted molar refractivity (Wildman–Crippen MR) is 113 cm³/mol. The SMILES string of the molecule is C1=C(N(Cc2ccccc2)c2cc(-c3cccs3)nc3ccccc23)OCO1. The molecule has 2 aromatic carbocycles. The van der Waals surface area contributed by atoms with Crippen molar-refractivity contribution in [3.05, 3.63) is 95.9 Å². The Kier molecular flexibility index (Phi) is 4.43. The van der Waals surface area contributed by atoms with Crippen molar-refractivity contribution in [2.24, 2.45) is 0 Å². The average Bonchev–Trinajstić information content (AvgIpc) is 3.46. The van der Waals surface area contributed by atoms with Crippen LogP contribution in [0, 0.1) is 0 Å². The van der Waals surface area contributed by atoms with Crippen molar-refractivity contribution in [3.63, 3.8) is 0 Å². The summed E-state index contributed by atoms with van der Waals surface area (Å²) in [6.45, 7) is 0.912. The Morgan fingerprint density at radius 2 is 1.82 bits per heavy atom. The van der Waals surface area contributed by atoms with Gasteiger partial charge in [-0.3, -0.25) is 0 Å². The van der Waals surface area contributed by atoms with Gasteiger partial charge in [-0.15, -0.1) is 11.3 Å². The first-order chi connectivity index (χ1) is 13.9. The first-order valence-corrected chi connectivity index (χ1v) is 9.96. The van der Waals surface area contributed by atoms with Crippen molar-refractivity contribution in [3.8, 4) is 10.6 Å². The molecule has 138 valence electrons. The number of anilines is 1. The van der Waals surface area contributed by atoms with E-state index in [1.807, 2.05) is 18.2 Å². The van der Waals surface area contributed by atoms with Gasteiger partial charge >= 0.3 is 0 Å². The van der Waals surface area contributed by atoms with Crippen LogP contribution in [0.25, 0.3) is 21.5 Å². The lowest BCUT2D eigenvalue weighted by Gasteiger charge is -2.26. The van der Waals surface area contributed by atoms with Gasteiger partial charge in [0, 0.05) is 5.39 Å². The lowest BCUT2D eigenvalue weighted by molar-refractivity contribution is 0.0783. The third-order valence-electron chi connectivity index (χ3n) is 4.67. The first kappa shape index (κ1) is 16.8. The van der Waals surface area contributed by atoms with Gasteiger partial charge in [0.15, 0.2) is 0 Å². The quantitative estimate of drug-likeness (QED) is 0.436. The van der Waals surface area contributed by atoms with Gasteiger partial charge in [-0.25, -0.2) is 4.98 Å². The van der Waals surface area contributed by atoms with Gasteiger partial charge in [-0.05, 0) is 29.1 Å². The third kappa shape index (κ3) is 3.21. The highest BCUT2D eigenvalue weighted by molar-refractivity contribution is 7.13. The maximum Gasteiger partial charge on any atom is 0.233 e. The largest absolute Gasteiger partial charge is 0.459 e. The van der Waals surface area contributed by atoms with Crippen LogP contribution in [0.2, 0.25) is 0 Å². The number of para-hydroxylation sites is 1. The Morgan fingerprint density at radius 3 is 2.61 bits per heavy atom. The molecule has 0 unspecified atom stereocenters. The highest BCUT2D eigenvalue weighted by Crippen LogP contribution is 2.35. The minimum Gasteiger partial charge on any atom is -0.459 e. The number of hydrogen-bond acceptors (Lipinski definition) is 5. The van der Waals surface area contributed by atoms with E-state index < -0.39 is 0 Å². The Balaban J connectivity index is 1.69. The second-order valence-electron chi connectivity index (χ2n) is 6.48. The number of fused-ring (bicyclic) bond motifs is 1. The zero-order chi connectivity index (χ0) is 18.8. The van der Waals surface area contributed by atoms with E-state index in [9.17, 15) is 0 Å². The van der Waals surface area contributed by atoms with Gasteiger partial charge in [0.05, 0.1) is 28.3 Å². The van der Waals surface area contributed by atoms with E-state index in [1.54, 1.807) is 17.6 Å². The zero-order valence-electron chi connectivity index (χ0n) is 15.1. The number of benzene rings is 2. The summed E-state index contributed by atoms with van der Waals surface area (Å²) in [4.78, 5) is 8.19. The molecule has 2 aromatic heterocycles. The van der Waals surface area contributed by atoms with Crippen LogP contribution in [0.15, 0.2) is 90.3 Å². The van der Waals surface area contributed by atoms with E-state index in [-0.39, 0.29) is 6.79 Å². The molecule has 0 spiro atoms. The standard InChI is InChI=1S/C23H18N2O2S/c1-2-7-17(8-3-1)14-25(23-15-26-16-27-23)21-13-20(22-11-6-12-28-22)24-19-10-5-4-9-18(19)21/h1-13,15H,14,16H2. The number of ether oxygens (including phenoxy) is 2. The molecule has 5 rings (SSSR count). The number of rotatable bonds is 5. The molecular formula is C23H18N2O2S. The van der Waals surface area contributed by atoms with E-state index >= 15 is 0 Å². The van der Waals surface area contributed by atoms with Gasteiger partial charge < -0.3 is 14.4 Å². The van der Waals surface area contributed by atoms with Crippen molar-refractivity contribution >= 4 is 27.9 Å². The zero-order valence-corrected chi connectivity index (χ0v) is 15.9. The lowest BCUT2D eigenvalue weighted by atomic mass is 10.1. The predicted octanol–water partition coefficient (Wildman–Crippen LogP) is 5.77. The van der Waals surface area contributed by atoms with E-state index in [4.69, 9.17) is 14.5 Å². The Labute approximate surface area is 167 Å². The molecule has 0 bridgehead atoms. The number of hydrogen-bond donors (Lipinski definition) is 0. The Bertz CT molecular complexity index is 1120. The van der Waals surface area contributed by atoms with E-state index in [1.165, 1.54) is 5.56 Å². The molecule has 3 heterocycles. The van der Waals surface area contributed by atoms with Crippen molar-refractivity contribution < 1.29 is 9.47 Å². The molecule has 28 heavy (non-hydrogen) atoms. The topological polar surface area (TPSA) is 34.6 Å². The summed E-state index contributed by atoms with van der Waals surface area (Å²) >= 11 is 1.69. The second kappa shape index (κ2) is 7.37. The van der Waals surface area contributed by atoms with Crippen molar-refractivity contribution in [2.45, 2.75) is 6.54 Å². The van der Waals surface area contributed by atoms with Crippen LogP contribution in [0.1, 0.15) is 5.56 Å². The molecule has 0 atom stereocenters. The molecule has 1 aliphatic rings. The highest BCUT2D eigenvalue weighted by Gasteiger charge is 2.22. The van der Waals surface area contributed by atoms with Crippen molar-refractivity contribution in [1.82, 2.24) is 4.98 Å². The second-order valence-corrected chi connectivity index (χ2v) is 7.43. The molecule has 0 N–H and O–H groups in total. The monoisotopic (exact) mass is 386 g/mol. The van der Waals surface area contributed by atoms with E-state index in [0.717, 1.165) is 27.2 Å². The minimum atomic E-state index is 0.238. The summed E-state index contributed by atoms with van der Waals surface area (Å²) < 4.78 is 11.1. The molecule has 0 aliphatic carbocycles. The first-order valence-electron chi connectivity index (χ1n) is 9.08. The van der Waals surface area contributed by atoms with Crippen LogP contribution >= 0.6 is 11.3 Å². The average molecular weight is 386 g/mol. The maximum absolute atomic E-state index is 5.77. The molecule has 0 saturated heterocycles. The number of thiophene rings is 1. The van der Waals surface area contributed by atoms with Crippen molar-refractivity contribution in [2.75, 3.05) is 11.7 Å². The Hall–Kier alpha value is -3.31. The molecular weight excluding hydrogens is 368 g/mol. The van der Waals surface area contributed by atoms with Gasteiger partial charge in [0.25, 0.3) is 0 Å². The molecule has 0 fully saturated rings. The summed E-state index contributed by atoms with van der Waals surface area (Å²) in [6.07, 6.45) is 1.68. The maximum atomic E-state index is 5.77. The molecule has 0 saturated carbocycles. The normalized spacial score (nSPS) is 13.1. The molecule has 1 aliphatic heterocycles. The minimum absolute atomic E-state index is 0.238. The van der Waals surface area contributed by atoms with Gasteiger partial charge in [0.1, 0.15) is 6.26 Å². The molecule has 5 heteroatoms. The van der Waals surface area contributed by atoms with E-state index in [0.29, 0.717) is 12.4 Å². The summed E-state index contributed by atoms with van der Waals surface area (Å²) in [5, 5.41) is 3.15. The summed E-state index contributed by atoms with van der Waals surface area (Å²) in [5.74, 6) is 0.706. The van der Waals surface area contributed by atoms with Crippen LogP contribution < -0.4 is 4.90 Å². The number of aromatic nitrogens is 1. The van der Waals surface area contributed by atoms with Crippen LogP contribution in [0.3, 0.4) is 0 Å². The van der Waals surface area contributed by atoms with Gasteiger partial charge in [-0.1, -0.05) is 54.6 Å². The van der Waals surface area contributed by atoms with Crippen LogP contribution in [0.5, 0.6) is 0 Å². The van der Waals surface area contributed by atoms with Crippen molar-refractivity contribution in [1.29, 1.82) is 0 Å². The van der Waals surface area contributed by atoms with E-state index in [2.05, 4.69) is 64.9 Å². The molecule has 0 radical (unpaired) electrons. The highest BCUT2D eigenvalue weighted by atomic mass is 32.1. The molecule has 4 aromatic rings.